The zero-order chi connectivity index (χ0) is 25.7. The van der Waals surface area contributed by atoms with Gasteiger partial charge in [-0.05, 0) is 45.2 Å². The monoisotopic (exact) mass is 510 g/mol. The molecule has 0 fully saturated rings. The number of hydrogen-bond acceptors (Lipinski definition) is 8. The van der Waals surface area contributed by atoms with Gasteiger partial charge in [0.2, 0.25) is 4.75 Å². The number of carbonyl (C=O) groups is 2. The van der Waals surface area contributed by atoms with Gasteiger partial charge in [0.05, 0.1) is 24.5 Å². The maximum Gasteiger partial charge on any atom is 0.333 e. The Morgan fingerprint density at radius 3 is 2.36 bits per heavy atom. The molecule has 0 heterocycles. The highest BCUT2D eigenvalue weighted by molar-refractivity contribution is 8.04. The van der Waals surface area contributed by atoms with Gasteiger partial charge in [-0.3, -0.25) is 0 Å². The summed E-state index contributed by atoms with van der Waals surface area (Å²) < 4.78 is 48.9. The van der Waals surface area contributed by atoms with Crippen molar-refractivity contribution in [3.8, 4) is 12.0 Å². The predicted molar refractivity (Wildman–Crippen MR) is 124 cm³/mol. The third-order valence-electron chi connectivity index (χ3n) is 3.84. The average Bonchev–Trinajstić information content (AvgIpc) is 2.66. The van der Waals surface area contributed by atoms with E-state index in [1.54, 1.807) is 20.0 Å². The van der Waals surface area contributed by atoms with Gasteiger partial charge in [0.25, 0.3) is 0 Å². The molecule has 1 atom stereocenters. The van der Waals surface area contributed by atoms with Crippen LogP contribution in [0.2, 0.25) is 0 Å². The van der Waals surface area contributed by atoms with Crippen molar-refractivity contribution in [2.45, 2.75) is 51.3 Å². The number of aliphatic hydroxyl groups is 1. The van der Waals surface area contributed by atoms with E-state index >= 15 is 0 Å². The summed E-state index contributed by atoms with van der Waals surface area (Å²) in [5.41, 5.74) is -0.341. The molecule has 0 saturated heterocycles. The molecule has 12 nitrogen and oxygen atoms in total. The van der Waals surface area contributed by atoms with Crippen molar-refractivity contribution in [3.05, 3.63) is 12.2 Å². The minimum absolute atomic E-state index is 0.0212. The first-order valence-corrected chi connectivity index (χ1v) is 12.6. The van der Waals surface area contributed by atoms with E-state index in [9.17, 15) is 22.6 Å². The lowest BCUT2D eigenvalue weighted by Crippen LogP contribution is -2.49. The molecule has 0 rings (SSSR count). The summed E-state index contributed by atoms with van der Waals surface area (Å²) >= 11 is -2.08. The highest BCUT2D eigenvalue weighted by Gasteiger charge is 2.34. The molecular weight excluding hydrogens is 476 g/mol. The van der Waals surface area contributed by atoms with Crippen molar-refractivity contribution < 1.29 is 37.1 Å². The van der Waals surface area contributed by atoms with Gasteiger partial charge in [0, 0.05) is 30.2 Å². The molecule has 0 bridgehead atoms. The van der Waals surface area contributed by atoms with Crippen molar-refractivity contribution in [2.24, 2.45) is 0 Å². The fourth-order valence-electron chi connectivity index (χ4n) is 1.94. The van der Waals surface area contributed by atoms with E-state index in [1.807, 2.05) is 4.13 Å². The van der Waals surface area contributed by atoms with Gasteiger partial charge in [-0.15, -0.1) is 0 Å². The first-order valence-electron chi connectivity index (χ1n) is 9.93. The largest absolute Gasteiger partial charge is 0.596 e. The van der Waals surface area contributed by atoms with Crippen LogP contribution in [0.25, 0.3) is 0 Å². The lowest BCUT2D eigenvalue weighted by molar-refractivity contribution is -0.138. The van der Waals surface area contributed by atoms with Crippen LogP contribution in [0.15, 0.2) is 12.2 Å². The molecule has 0 aromatic rings. The number of urea groups is 1. The molecule has 1 unspecified atom stereocenters. The molecule has 0 aliphatic rings. The second kappa shape index (κ2) is 14.3. The van der Waals surface area contributed by atoms with E-state index in [1.165, 1.54) is 20.8 Å². The maximum absolute atomic E-state index is 12.0. The van der Waals surface area contributed by atoms with Crippen LogP contribution < -0.4 is 19.5 Å². The number of hydrogen-bond donors (Lipinski definition) is 5. The van der Waals surface area contributed by atoms with Crippen LogP contribution >= 0.6 is 0 Å². The van der Waals surface area contributed by atoms with Crippen LogP contribution in [0, 0.1) is 12.0 Å². The molecule has 0 aliphatic heterocycles. The Hall–Kier alpha value is -2.02. The molecule has 2 amide bonds. The highest BCUT2D eigenvalue weighted by atomic mass is 32.3. The molecule has 5 N–H and O–H groups in total. The van der Waals surface area contributed by atoms with Gasteiger partial charge in [0.1, 0.15) is 12.7 Å². The molecule has 33 heavy (non-hydrogen) atoms. The van der Waals surface area contributed by atoms with Crippen LogP contribution in [-0.4, -0.2) is 73.3 Å². The van der Waals surface area contributed by atoms with Crippen LogP contribution in [0.5, 0.6) is 0 Å². The Morgan fingerprint density at radius 1 is 1.15 bits per heavy atom. The lowest BCUT2D eigenvalue weighted by atomic mass is 10.0. The number of nitrogens with one attached hydrogen (secondary N) is 4. The predicted octanol–water partition coefficient (Wildman–Crippen LogP) is -0.210. The molecule has 0 aromatic heterocycles. The first-order chi connectivity index (χ1) is 15.1. The lowest BCUT2D eigenvalue weighted by Gasteiger charge is -2.26. The highest BCUT2D eigenvalue weighted by Crippen LogP contribution is 2.14. The molecule has 0 spiro atoms. The van der Waals surface area contributed by atoms with Gasteiger partial charge < -0.3 is 29.8 Å². The number of rotatable bonds is 15. The molecule has 0 saturated carbocycles. The van der Waals surface area contributed by atoms with Gasteiger partial charge in [-0.1, -0.05) is 6.58 Å². The SMILES string of the molecule is C=C(C)C(=O)OCCNC(=O)NC(C)(C)CCOCCNS(=O)(=O)N[S+]([O-])C(C)(C)C#CO. The van der Waals surface area contributed by atoms with Crippen molar-refractivity contribution in [1.82, 2.24) is 19.5 Å². The second-order valence-electron chi connectivity index (χ2n) is 8.04. The Labute approximate surface area is 198 Å². The summed E-state index contributed by atoms with van der Waals surface area (Å²) in [5.74, 6) is 1.72. The smallest absolute Gasteiger partial charge is 0.333 e. The van der Waals surface area contributed by atoms with Crippen LogP contribution in [-0.2, 0) is 35.8 Å². The van der Waals surface area contributed by atoms with Crippen LogP contribution in [0.1, 0.15) is 41.0 Å². The molecule has 0 aliphatic carbocycles. The summed E-state index contributed by atoms with van der Waals surface area (Å²) in [6.45, 7) is 11.7. The summed E-state index contributed by atoms with van der Waals surface area (Å²) in [4.78, 5) is 23.2. The first kappa shape index (κ1) is 31.0. The topological polar surface area (TPSA) is 178 Å². The Bertz CT molecular complexity index is 834. The van der Waals surface area contributed by atoms with Crippen molar-refractivity contribution in [2.75, 3.05) is 32.9 Å². The van der Waals surface area contributed by atoms with Gasteiger partial charge in [0.15, 0.2) is 0 Å². The van der Waals surface area contributed by atoms with E-state index in [4.69, 9.17) is 14.6 Å². The molecule has 0 aromatic carbocycles. The Morgan fingerprint density at radius 2 is 1.79 bits per heavy atom. The quantitative estimate of drug-likeness (QED) is 0.0660. The molecule has 14 heteroatoms. The van der Waals surface area contributed by atoms with Crippen molar-refractivity contribution in [3.63, 3.8) is 0 Å². The fourth-order valence-corrected chi connectivity index (χ4v) is 4.29. The van der Waals surface area contributed by atoms with E-state index in [0.29, 0.717) is 6.42 Å². The Kier molecular flexibility index (Phi) is 13.4. The number of esters is 1. The van der Waals surface area contributed by atoms with Crippen LogP contribution in [0.3, 0.4) is 0 Å². The minimum Gasteiger partial charge on any atom is -0.596 e. The number of carbonyl (C=O) groups excluding carboxylic acids is 2. The summed E-state index contributed by atoms with van der Waals surface area (Å²) in [6, 6.07) is -0.438. The molecule has 190 valence electrons. The molecule has 0 radical (unpaired) electrons. The number of ether oxygens (including phenoxy) is 2. The second-order valence-corrected chi connectivity index (χ2v) is 11.6. The minimum atomic E-state index is -4.07. The van der Waals surface area contributed by atoms with Crippen molar-refractivity contribution >= 4 is 33.6 Å². The van der Waals surface area contributed by atoms with Crippen molar-refractivity contribution in [1.29, 1.82) is 0 Å². The number of amides is 2. The van der Waals surface area contributed by atoms with Gasteiger partial charge in [-0.25, -0.2) is 9.59 Å². The third kappa shape index (κ3) is 14.7. The number of aliphatic hydroxyl groups excluding tert-OH is 1. The maximum atomic E-state index is 12.0. The van der Waals surface area contributed by atoms with Crippen LogP contribution in [0.4, 0.5) is 4.79 Å². The molecular formula is C19H34N4O8S2. The van der Waals surface area contributed by atoms with E-state index < -0.39 is 43.9 Å². The van der Waals surface area contributed by atoms with Gasteiger partial charge in [-0.2, -0.15) is 13.1 Å². The fraction of sp³-hybridized carbons (Fsp3) is 0.684. The Balaban J connectivity index is 4.13. The van der Waals surface area contributed by atoms with E-state index in [-0.39, 0.29) is 38.5 Å². The zero-order valence-electron chi connectivity index (χ0n) is 19.6. The zero-order valence-corrected chi connectivity index (χ0v) is 21.2. The third-order valence-corrected chi connectivity index (χ3v) is 6.93. The standard InChI is InChI=1S/C19H34N4O8S2/c1-15(2)16(25)31-14-9-20-17(26)22-18(3,4)8-12-30-13-10-21-33(28,29)23-32(27)19(5,6)7-11-24/h21,23-24H,1,8-10,12-14H2,2-6H3,(H2,20,22,26). The van der Waals surface area contributed by atoms with Gasteiger partial charge >= 0.3 is 22.2 Å². The normalized spacial score (nSPS) is 12.8. The van der Waals surface area contributed by atoms with E-state index in [0.717, 1.165) is 0 Å². The summed E-state index contributed by atoms with van der Waals surface area (Å²) in [5, 5.41) is 13.9. The average molecular weight is 511 g/mol. The summed E-state index contributed by atoms with van der Waals surface area (Å²) in [6.07, 6.45) is 2.05. The summed E-state index contributed by atoms with van der Waals surface area (Å²) in [7, 11) is -4.07. The van der Waals surface area contributed by atoms with E-state index in [2.05, 4.69) is 27.9 Å².